The molecule has 3 aromatic carbocycles. The van der Waals surface area contributed by atoms with Gasteiger partial charge in [0, 0.05) is 17.7 Å². The highest BCUT2D eigenvalue weighted by Gasteiger charge is 2.14. The minimum atomic E-state index is -3.87. The molecule has 36 heavy (non-hydrogen) atoms. The van der Waals surface area contributed by atoms with E-state index in [0.29, 0.717) is 47.1 Å². The van der Waals surface area contributed by atoms with Crippen molar-refractivity contribution in [3.8, 4) is 16.9 Å². The number of aliphatic imine (C=N–C) groups is 1. The standard InChI is InChI=1S/C26H28N4O4S2/c1-2-24(35)30-25(27)20-9-5-7-18(17-20)8-6-16-29-26(31)34-21-14-12-19(13-15-21)22-10-3-4-11-23(22)36(28,32)33/h3-5,7,9-15,17H,2,6,8,16H2,1H3,(H,29,31)(H2,27,30,35)(H2,28,32,33). The van der Waals surface area contributed by atoms with Gasteiger partial charge in [0.2, 0.25) is 10.0 Å². The summed E-state index contributed by atoms with van der Waals surface area (Å²) in [5.41, 5.74) is 9.02. The van der Waals surface area contributed by atoms with E-state index < -0.39 is 16.1 Å². The first-order valence-corrected chi connectivity index (χ1v) is 13.3. The van der Waals surface area contributed by atoms with Gasteiger partial charge in [-0.05, 0) is 54.7 Å². The summed E-state index contributed by atoms with van der Waals surface area (Å²) < 4.78 is 29.0. The predicted octanol–water partition coefficient (Wildman–Crippen LogP) is 4.16. The summed E-state index contributed by atoms with van der Waals surface area (Å²) in [6.45, 7) is 2.35. The third-order valence-electron chi connectivity index (χ3n) is 5.25. The monoisotopic (exact) mass is 524 g/mol. The van der Waals surface area contributed by atoms with E-state index >= 15 is 0 Å². The Morgan fingerprint density at radius 1 is 1.06 bits per heavy atom. The van der Waals surface area contributed by atoms with Gasteiger partial charge in [-0.2, -0.15) is 0 Å². The number of aryl methyl sites for hydroxylation is 1. The van der Waals surface area contributed by atoms with Crippen molar-refractivity contribution in [2.45, 2.75) is 31.1 Å². The lowest BCUT2D eigenvalue weighted by molar-refractivity contribution is 0.200. The zero-order valence-electron chi connectivity index (χ0n) is 19.8. The van der Waals surface area contributed by atoms with Gasteiger partial charge in [-0.3, -0.25) is 0 Å². The van der Waals surface area contributed by atoms with Crippen LogP contribution in [0.3, 0.4) is 0 Å². The molecule has 0 radical (unpaired) electrons. The van der Waals surface area contributed by atoms with Crippen molar-refractivity contribution in [3.63, 3.8) is 0 Å². The van der Waals surface area contributed by atoms with Gasteiger partial charge >= 0.3 is 6.09 Å². The fourth-order valence-corrected chi connectivity index (χ4v) is 4.30. The molecule has 0 aliphatic rings. The van der Waals surface area contributed by atoms with Gasteiger partial charge in [-0.25, -0.2) is 23.3 Å². The summed E-state index contributed by atoms with van der Waals surface area (Å²) >= 11 is 5.12. The minimum Gasteiger partial charge on any atom is -0.410 e. The molecule has 0 aliphatic carbocycles. The molecule has 0 heterocycles. The van der Waals surface area contributed by atoms with Crippen molar-refractivity contribution in [2.75, 3.05) is 6.54 Å². The molecular formula is C26H28N4O4S2. The Morgan fingerprint density at radius 2 is 1.78 bits per heavy atom. The Bertz CT molecular complexity index is 1370. The first kappa shape index (κ1) is 27.0. The number of carbonyl (C=O) groups excluding carboxylic acids is 1. The van der Waals surface area contributed by atoms with E-state index in [2.05, 4.69) is 10.3 Å². The lowest BCUT2D eigenvalue weighted by Gasteiger charge is -2.10. The first-order valence-electron chi connectivity index (χ1n) is 11.3. The number of thiocarbonyl (C=S) groups is 1. The van der Waals surface area contributed by atoms with Crippen molar-refractivity contribution < 1.29 is 17.9 Å². The number of sulfonamides is 1. The number of nitrogens with one attached hydrogen (secondary N) is 1. The van der Waals surface area contributed by atoms with Gasteiger partial charge in [0.1, 0.15) is 16.6 Å². The lowest BCUT2D eigenvalue weighted by Crippen LogP contribution is -2.28. The van der Waals surface area contributed by atoms with E-state index in [1.54, 1.807) is 42.5 Å². The van der Waals surface area contributed by atoms with Gasteiger partial charge in [0.25, 0.3) is 0 Å². The topological polar surface area (TPSA) is 137 Å². The van der Waals surface area contributed by atoms with Crippen LogP contribution in [0.25, 0.3) is 11.1 Å². The SMILES string of the molecule is CCC(=S)N=C(N)c1cccc(CCCNC(=O)Oc2ccc(-c3ccccc3S(N)(=O)=O)cc2)c1. The van der Waals surface area contributed by atoms with Crippen molar-refractivity contribution in [3.05, 3.63) is 83.9 Å². The van der Waals surface area contributed by atoms with E-state index in [-0.39, 0.29) is 4.90 Å². The Hall–Kier alpha value is -3.60. The van der Waals surface area contributed by atoms with Gasteiger partial charge in [0.15, 0.2) is 0 Å². The van der Waals surface area contributed by atoms with Crippen molar-refractivity contribution in [1.82, 2.24) is 5.32 Å². The average Bonchev–Trinajstić information content (AvgIpc) is 2.86. The number of amidine groups is 1. The second-order valence-electron chi connectivity index (χ2n) is 7.93. The highest BCUT2D eigenvalue weighted by molar-refractivity contribution is 7.89. The number of hydrogen-bond donors (Lipinski definition) is 3. The van der Waals surface area contributed by atoms with Crippen LogP contribution in [0, 0.1) is 0 Å². The molecule has 0 fully saturated rings. The van der Waals surface area contributed by atoms with Crippen molar-refractivity contribution in [2.24, 2.45) is 15.9 Å². The van der Waals surface area contributed by atoms with E-state index in [0.717, 1.165) is 17.5 Å². The highest BCUT2D eigenvalue weighted by Crippen LogP contribution is 2.28. The number of hydrogen-bond acceptors (Lipinski definition) is 5. The molecule has 0 unspecified atom stereocenters. The largest absolute Gasteiger partial charge is 0.412 e. The maximum Gasteiger partial charge on any atom is 0.412 e. The number of benzene rings is 3. The van der Waals surface area contributed by atoms with Crippen LogP contribution in [-0.4, -0.2) is 31.9 Å². The number of rotatable bonds is 9. The van der Waals surface area contributed by atoms with Crippen LogP contribution in [0.2, 0.25) is 0 Å². The molecule has 3 rings (SSSR count). The Kier molecular flexibility index (Phi) is 9.29. The minimum absolute atomic E-state index is 0.0290. The second kappa shape index (κ2) is 12.4. The fraction of sp³-hybridized carbons (Fsp3) is 0.192. The summed E-state index contributed by atoms with van der Waals surface area (Å²) in [5, 5.41) is 8.03. The maximum absolute atomic E-state index is 12.2. The molecule has 0 spiro atoms. The first-order chi connectivity index (χ1) is 17.2. The van der Waals surface area contributed by atoms with Crippen LogP contribution in [0.1, 0.15) is 30.9 Å². The zero-order chi connectivity index (χ0) is 26.1. The normalized spacial score (nSPS) is 11.7. The molecule has 188 valence electrons. The molecule has 0 aliphatic heterocycles. The number of nitrogens with zero attached hydrogens (tertiary/aromatic N) is 1. The third kappa shape index (κ3) is 7.70. The van der Waals surface area contributed by atoms with Gasteiger partial charge in [-0.1, -0.05) is 67.7 Å². The summed E-state index contributed by atoms with van der Waals surface area (Å²) in [7, 11) is -3.87. The quantitative estimate of drug-likeness (QED) is 0.166. The molecule has 1 amide bonds. The fourth-order valence-electron chi connectivity index (χ4n) is 3.45. The van der Waals surface area contributed by atoms with Crippen LogP contribution in [0.5, 0.6) is 5.75 Å². The average molecular weight is 525 g/mol. The zero-order valence-corrected chi connectivity index (χ0v) is 21.4. The van der Waals surface area contributed by atoms with E-state index in [1.165, 1.54) is 6.07 Å². The van der Waals surface area contributed by atoms with Crippen LogP contribution < -0.4 is 20.9 Å². The summed E-state index contributed by atoms with van der Waals surface area (Å²) in [4.78, 5) is 17.0. The Labute approximate surface area is 216 Å². The number of ether oxygens (including phenoxy) is 1. The number of primary sulfonamides is 1. The number of nitrogens with two attached hydrogens (primary N) is 2. The molecule has 0 aromatic heterocycles. The van der Waals surface area contributed by atoms with Crippen LogP contribution in [0.15, 0.2) is 82.7 Å². The smallest absolute Gasteiger partial charge is 0.410 e. The van der Waals surface area contributed by atoms with Crippen LogP contribution in [0.4, 0.5) is 4.79 Å². The van der Waals surface area contributed by atoms with E-state index in [1.807, 2.05) is 31.2 Å². The predicted molar refractivity (Wildman–Crippen MR) is 146 cm³/mol. The lowest BCUT2D eigenvalue weighted by atomic mass is 10.1. The maximum atomic E-state index is 12.2. The molecule has 0 saturated heterocycles. The molecular weight excluding hydrogens is 496 g/mol. The van der Waals surface area contributed by atoms with Crippen LogP contribution in [-0.2, 0) is 16.4 Å². The molecule has 5 N–H and O–H groups in total. The Balaban J connectivity index is 1.51. The molecule has 0 saturated carbocycles. The summed E-state index contributed by atoms with van der Waals surface area (Å²) in [5.74, 6) is 0.723. The van der Waals surface area contributed by atoms with Gasteiger partial charge in [-0.15, -0.1) is 0 Å². The molecule has 8 nitrogen and oxygen atoms in total. The number of carbonyl (C=O) groups is 1. The van der Waals surface area contributed by atoms with Gasteiger partial charge < -0.3 is 15.8 Å². The van der Waals surface area contributed by atoms with Crippen molar-refractivity contribution in [1.29, 1.82) is 0 Å². The van der Waals surface area contributed by atoms with Gasteiger partial charge in [0.05, 0.1) is 4.90 Å². The number of amides is 1. The molecule has 3 aromatic rings. The van der Waals surface area contributed by atoms with Crippen LogP contribution >= 0.6 is 12.2 Å². The molecule has 10 heteroatoms. The van der Waals surface area contributed by atoms with E-state index in [9.17, 15) is 13.2 Å². The Morgan fingerprint density at radius 3 is 2.47 bits per heavy atom. The third-order valence-corrected chi connectivity index (χ3v) is 6.60. The summed E-state index contributed by atoms with van der Waals surface area (Å²) in [6.07, 6.45) is 1.52. The highest BCUT2D eigenvalue weighted by atomic mass is 32.2. The summed E-state index contributed by atoms with van der Waals surface area (Å²) in [6, 6.07) is 20.7. The van der Waals surface area contributed by atoms with Crippen molar-refractivity contribution >= 4 is 39.2 Å². The van der Waals surface area contributed by atoms with E-state index in [4.69, 9.17) is 27.8 Å². The molecule has 0 bridgehead atoms. The second-order valence-corrected chi connectivity index (χ2v) is 9.93. The molecule has 0 atom stereocenters.